The molecule has 1 N–H and O–H groups in total. The predicted molar refractivity (Wildman–Crippen MR) is 58.0 cm³/mol. The molecule has 0 bridgehead atoms. The van der Waals surface area contributed by atoms with E-state index >= 15 is 0 Å². The molecule has 1 aliphatic heterocycles. The Balaban J connectivity index is 2.38. The van der Waals surface area contributed by atoms with Gasteiger partial charge in [0.1, 0.15) is 5.69 Å². The highest BCUT2D eigenvalue weighted by Gasteiger charge is 2.31. The fourth-order valence-corrected chi connectivity index (χ4v) is 1.69. The zero-order chi connectivity index (χ0) is 12.6. The largest absolute Gasteiger partial charge is 0.389 e. The number of aliphatic hydroxyl groups excluding tert-OH is 1. The highest BCUT2D eigenvalue weighted by atomic mass is 16.6. The lowest BCUT2D eigenvalue weighted by Crippen LogP contribution is -2.51. The van der Waals surface area contributed by atoms with Gasteiger partial charge >= 0.3 is 0 Å². The van der Waals surface area contributed by atoms with Gasteiger partial charge in [-0.05, 0) is 6.07 Å². The molecule has 1 saturated heterocycles. The maximum atomic E-state index is 10.8. The Kier molecular flexibility index (Phi) is 2.64. The zero-order valence-corrected chi connectivity index (χ0v) is 8.65. The van der Waals surface area contributed by atoms with Crippen molar-refractivity contribution in [3.05, 3.63) is 38.4 Å². The first-order chi connectivity index (χ1) is 7.99. The summed E-state index contributed by atoms with van der Waals surface area (Å²) < 4.78 is 0. The second-order valence-corrected chi connectivity index (χ2v) is 3.75. The van der Waals surface area contributed by atoms with E-state index in [0.29, 0.717) is 18.8 Å². The molecule has 17 heavy (non-hydrogen) atoms. The monoisotopic (exact) mass is 239 g/mol. The molecule has 0 aliphatic carbocycles. The van der Waals surface area contributed by atoms with Gasteiger partial charge in [0.15, 0.2) is 0 Å². The molecule has 0 aromatic heterocycles. The lowest BCUT2D eigenvalue weighted by molar-refractivity contribution is -0.393. The van der Waals surface area contributed by atoms with Gasteiger partial charge in [0.25, 0.3) is 11.4 Å². The van der Waals surface area contributed by atoms with Gasteiger partial charge in [-0.25, -0.2) is 0 Å². The molecule has 90 valence electrons. The van der Waals surface area contributed by atoms with E-state index < -0.39 is 16.0 Å². The van der Waals surface area contributed by atoms with E-state index in [0.717, 1.165) is 6.07 Å². The summed E-state index contributed by atoms with van der Waals surface area (Å²) >= 11 is 0. The van der Waals surface area contributed by atoms with Crippen LogP contribution in [0.1, 0.15) is 0 Å². The molecule has 0 radical (unpaired) electrons. The average Bonchev–Trinajstić information content (AvgIpc) is 2.24. The second kappa shape index (κ2) is 3.98. The molecule has 8 heteroatoms. The lowest BCUT2D eigenvalue weighted by Gasteiger charge is -2.37. The van der Waals surface area contributed by atoms with Crippen LogP contribution in [-0.2, 0) is 0 Å². The number of hydrogen-bond donors (Lipinski definition) is 1. The number of nitrogens with zero attached hydrogens (tertiary/aromatic N) is 3. The third-order valence-corrected chi connectivity index (χ3v) is 2.57. The molecule has 1 heterocycles. The van der Waals surface area contributed by atoms with Gasteiger partial charge in [0, 0.05) is 19.2 Å². The maximum absolute atomic E-state index is 10.8. The molecule has 8 nitrogen and oxygen atoms in total. The van der Waals surface area contributed by atoms with Crippen LogP contribution in [0.25, 0.3) is 0 Å². The molecule has 1 aliphatic rings. The van der Waals surface area contributed by atoms with Gasteiger partial charge in [-0.2, -0.15) is 0 Å². The topological polar surface area (TPSA) is 110 Å². The van der Waals surface area contributed by atoms with Crippen LogP contribution in [0.5, 0.6) is 0 Å². The van der Waals surface area contributed by atoms with E-state index in [1.54, 1.807) is 4.90 Å². The van der Waals surface area contributed by atoms with Crippen molar-refractivity contribution in [1.82, 2.24) is 0 Å². The predicted octanol–water partition coefficient (Wildman–Crippen LogP) is 0.684. The van der Waals surface area contributed by atoms with Crippen LogP contribution < -0.4 is 4.90 Å². The first kappa shape index (κ1) is 11.3. The van der Waals surface area contributed by atoms with E-state index in [4.69, 9.17) is 5.11 Å². The normalized spacial score (nSPS) is 15.5. The third kappa shape index (κ3) is 2.02. The van der Waals surface area contributed by atoms with Crippen molar-refractivity contribution >= 4 is 17.1 Å². The summed E-state index contributed by atoms with van der Waals surface area (Å²) in [6.07, 6.45) is -0.496. The number of nitro groups is 2. The van der Waals surface area contributed by atoms with Gasteiger partial charge < -0.3 is 10.0 Å². The van der Waals surface area contributed by atoms with Crippen LogP contribution in [0.4, 0.5) is 17.1 Å². The Bertz CT molecular complexity index is 484. The number of non-ortho nitro benzene ring substituents is 1. The molecular formula is C9H9N3O5. The molecule has 0 atom stereocenters. The first-order valence-electron chi connectivity index (χ1n) is 4.85. The summed E-state index contributed by atoms with van der Waals surface area (Å²) in [4.78, 5) is 21.6. The summed E-state index contributed by atoms with van der Waals surface area (Å²) in [5.74, 6) is 0. The van der Waals surface area contributed by atoms with Gasteiger partial charge in [-0.1, -0.05) is 0 Å². The minimum atomic E-state index is -0.679. The minimum Gasteiger partial charge on any atom is -0.389 e. The van der Waals surface area contributed by atoms with Gasteiger partial charge in [0.2, 0.25) is 0 Å². The van der Waals surface area contributed by atoms with Crippen LogP contribution >= 0.6 is 0 Å². The Hall–Kier alpha value is -2.22. The van der Waals surface area contributed by atoms with E-state index in [9.17, 15) is 20.2 Å². The number of nitro benzene ring substituents is 2. The fourth-order valence-electron chi connectivity index (χ4n) is 1.69. The maximum Gasteiger partial charge on any atom is 0.299 e. The lowest BCUT2D eigenvalue weighted by atomic mass is 10.1. The fraction of sp³-hybridized carbons (Fsp3) is 0.333. The van der Waals surface area contributed by atoms with Crippen LogP contribution in [0, 0.1) is 20.2 Å². The van der Waals surface area contributed by atoms with Crippen molar-refractivity contribution < 1.29 is 15.0 Å². The standard InChI is InChI=1S/C9H9N3O5/c13-7-4-10(5-7)8-2-1-6(11(14)15)3-9(8)12(16)17/h1-3,7,13H,4-5H2. The molecule has 1 aromatic carbocycles. The minimum absolute atomic E-state index is 0.297. The molecule has 0 unspecified atom stereocenters. The third-order valence-electron chi connectivity index (χ3n) is 2.57. The van der Waals surface area contributed by atoms with Gasteiger partial charge in [-0.3, -0.25) is 20.2 Å². The molecule has 1 aromatic rings. The van der Waals surface area contributed by atoms with Crippen molar-refractivity contribution in [2.24, 2.45) is 0 Å². The van der Waals surface area contributed by atoms with Crippen LogP contribution in [0.3, 0.4) is 0 Å². The number of benzene rings is 1. The second-order valence-electron chi connectivity index (χ2n) is 3.75. The van der Waals surface area contributed by atoms with Crippen molar-refractivity contribution in [3.8, 4) is 0 Å². The van der Waals surface area contributed by atoms with Crippen LogP contribution in [0.15, 0.2) is 18.2 Å². The number of anilines is 1. The van der Waals surface area contributed by atoms with Crippen molar-refractivity contribution in [2.75, 3.05) is 18.0 Å². The summed E-state index contributed by atoms with van der Waals surface area (Å²) in [7, 11) is 0. The summed E-state index contributed by atoms with van der Waals surface area (Å²) in [6.45, 7) is 0.608. The summed E-state index contributed by atoms with van der Waals surface area (Å²) in [6, 6.07) is 3.48. The molecular weight excluding hydrogens is 230 g/mol. The van der Waals surface area contributed by atoms with Gasteiger partial charge in [0.05, 0.1) is 22.0 Å². The number of β-amino-alcohol motifs (C(OH)–C–C–N with tert-alkyl or cyclic N) is 1. The van der Waals surface area contributed by atoms with Gasteiger partial charge in [-0.15, -0.1) is 0 Å². The van der Waals surface area contributed by atoms with E-state index in [1.807, 2.05) is 0 Å². The van der Waals surface area contributed by atoms with Crippen molar-refractivity contribution in [3.63, 3.8) is 0 Å². The van der Waals surface area contributed by atoms with Crippen LogP contribution in [-0.4, -0.2) is 34.1 Å². The Morgan fingerprint density at radius 3 is 2.35 bits per heavy atom. The molecule has 0 spiro atoms. The molecule has 2 rings (SSSR count). The Labute approximate surface area is 95.4 Å². The van der Waals surface area contributed by atoms with Crippen molar-refractivity contribution in [1.29, 1.82) is 0 Å². The van der Waals surface area contributed by atoms with E-state index in [-0.39, 0.29) is 11.4 Å². The van der Waals surface area contributed by atoms with E-state index in [2.05, 4.69) is 0 Å². The number of aliphatic hydroxyl groups is 1. The first-order valence-corrected chi connectivity index (χ1v) is 4.85. The smallest absolute Gasteiger partial charge is 0.299 e. The van der Waals surface area contributed by atoms with E-state index in [1.165, 1.54) is 12.1 Å². The highest BCUT2D eigenvalue weighted by Crippen LogP contribution is 2.34. The van der Waals surface area contributed by atoms with Crippen molar-refractivity contribution in [2.45, 2.75) is 6.10 Å². The summed E-state index contributed by atoms with van der Waals surface area (Å²) in [5, 5.41) is 30.5. The molecule has 1 fully saturated rings. The highest BCUT2D eigenvalue weighted by molar-refractivity contribution is 5.68. The number of hydrogen-bond acceptors (Lipinski definition) is 6. The SMILES string of the molecule is O=[N+]([O-])c1ccc(N2CC(O)C2)c([N+](=O)[O-])c1. The Morgan fingerprint density at radius 1 is 1.24 bits per heavy atom. The summed E-state index contributed by atoms with van der Waals surface area (Å²) in [5.41, 5.74) is -0.335. The Morgan fingerprint density at radius 2 is 1.88 bits per heavy atom. The molecule has 0 amide bonds. The van der Waals surface area contributed by atoms with Crippen LogP contribution in [0.2, 0.25) is 0 Å². The quantitative estimate of drug-likeness (QED) is 0.613. The number of rotatable bonds is 3. The molecule has 0 saturated carbocycles. The average molecular weight is 239 g/mol. The zero-order valence-electron chi connectivity index (χ0n) is 8.65.